The van der Waals surface area contributed by atoms with Gasteiger partial charge in [-0.15, -0.1) is 0 Å². The number of rotatable bonds is 7. The van der Waals surface area contributed by atoms with Gasteiger partial charge in [-0.05, 0) is 31.6 Å². The van der Waals surface area contributed by atoms with Crippen LogP contribution in [-0.2, 0) is 19.6 Å². The van der Waals surface area contributed by atoms with Crippen molar-refractivity contribution in [2.24, 2.45) is 5.92 Å². The minimum Gasteiger partial charge on any atom is -0.385 e. The molecule has 0 aromatic rings. The van der Waals surface area contributed by atoms with Crippen molar-refractivity contribution in [3.05, 3.63) is 0 Å². The minimum atomic E-state index is -3.32. The molecule has 1 atom stereocenters. The number of hydrogen-bond acceptors (Lipinski definition) is 4. The Kier molecular flexibility index (Phi) is 6.45. The first kappa shape index (κ1) is 18.7. The smallest absolute Gasteiger partial charge is 0.222 e. The number of ether oxygens (including phenoxy) is 1. The zero-order valence-electron chi connectivity index (χ0n) is 14.3. The summed E-state index contributed by atoms with van der Waals surface area (Å²) in [6, 6.07) is 0. The van der Waals surface area contributed by atoms with Crippen LogP contribution in [0.5, 0.6) is 0 Å². The van der Waals surface area contributed by atoms with Crippen molar-refractivity contribution in [2.45, 2.75) is 56.9 Å². The summed E-state index contributed by atoms with van der Waals surface area (Å²) in [7, 11) is -1.71. The van der Waals surface area contributed by atoms with Crippen molar-refractivity contribution in [2.75, 3.05) is 33.1 Å². The molecule has 1 saturated heterocycles. The van der Waals surface area contributed by atoms with Crippen molar-refractivity contribution < 1.29 is 17.9 Å². The average Bonchev–Trinajstić information content (AvgIpc) is 2.89. The van der Waals surface area contributed by atoms with Gasteiger partial charge in [-0.2, -0.15) is 0 Å². The first-order chi connectivity index (χ1) is 10.8. The van der Waals surface area contributed by atoms with E-state index in [1.807, 2.05) is 4.90 Å². The molecule has 0 aromatic heterocycles. The molecule has 1 aliphatic carbocycles. The highest BCUT2D eigenvalue weighted by atomic mass is 32.2. The number of hydrogen-bond donors (Lipinski definition) is 1. The molecule has 0 spiro atoms. The van der Waals surface area contributed by atoms with E-state index < -0.39 is 15.6 Å². The van der Waals surface area contributed by atoms with E-state index >= 15 is 0 Å². The van der Waals surface area contributed by atoms with Crippen LogP contribution in [0, 0.1) is 5.92 Å². The Bertz CT molecular complexity index is 502. The van der Waals surface area contributed by atoms with Crippen molar-refractivity contribution in [3.8, 4) is 0 Å². The lowest BCUT2D eigenvalue weighted by Crippen LogP contribution is -2.51. The molecule has 134 valence electrons. The van der Waals surface area contributed by atoms with Crippen LogP contribution in [0.15, 0.2) is 0 Å². The third kappa shape index (κ3) is 5.72. The van der Waals surface area contributed by atoms with E-state index in [4.69, 9.17) is 4.74 Å². The van der Waals surface area contributed by atoms with Crippen LogP contribution >= 0.6 is 0 Å². The average molecular weight is 346 g/mol. The van der Waals surface area contributed by atoms with E-state index in [0.717, 1.165) is 12.8 Å². The minimum absolute atomic E-state index is 0.173. The molecule has 0 radical (unpaired) electrons. The van der Waals surface area contributed by atoms with Gasteiger partial charge in [0, 0.05) is 33.2 Å². The molecule has 2 fully saturated rings. The molecule has 6 nitrogen and oxygen atoms in total. The van der Waals surface area contributed by atoms with Gasteiger partial charge in [0.25, 0.3) is 0 Å². The van der Waals surface area contributed by atoms with Crippen LogP contribution in [-0.4, -0.2) is 57.8 Å². The predicted octanol–water partition coefficient (Wildman–Crippen LogP) is 1.51. The largest absolute Gasteiger partial charge is 0.385 e. The number of nitrogens with one attached hydrogen (secondary N) is 1. The Hall–Kier alpha value is -0.660. The second kappa shape index (κ2) is 7.94. The summed E-state index contributed by atoms with van der Waals surface area (Å²) in [5.41, 5.74) is -0.578. The fraction of sp³-hybridized carbons (Fsp3) is 0.938. The maximum absolute atomic E-state index is 12.6. The molecule has 2 aliphatic rings. The van der Waals surface area contributed by atoms with Gasteiger partial charge in [-0.1, -0.05) is 19.3 Å². The van der Waals surface area contributed by atoms with Crippen LogP contribution in [0.4, 0.5) is 0 Å². The van der Waals surface area contributed by atoms with Gasteiger partial charge in [0.05, 0.1) is 11.8 Å². The lowest BCUT2D eigenvalue weighted by atomic mass is 9.86. The molecular formula is C16H30N2O4S. The zero-order valence-corrected chi connectivity index (χ0v) is 15.2. The molecule has 1 saturated carbocycles. The molecular weight excluding hydrogens is 316 g/mol. The molecule has 0 aromatic carbocycles. The van der Waals surface area contributed by atoms with Gasteiger partial charge < -0.3 is 9.64 Å². The highest BCUT2D eigenvalue weighted by molar-refractivity contribution is 7.88. The maximum atomic E-state index is 12.6. The Morgan fingerprint density at radius 3 is 2.61 bits per heavy atom. The van der Waals surface area contributed by atoms with Crippen LogP contribution < -0.4 is 4.72 Å². The summed E-state index contributed by atoms with van der Waals surface area (Å²) in [5, 5.41) is 0. The summed E-state index contributed by atoms with van der Waals surface area (Å²) in [4.78, 5) is 14.4. The fourth-order valence-electron chi connectivity index (χ4n) is 3.88. The highest BCUT2D eigenvalue weighted by Gasteiger charge is 2.41. The molecule has 1 amide bonds. The van der Waals surface area contributed by atoms with Gasteiger partial charge in [-0.3, -0.25) is 4.79 Å². The summed E-state index contributed by atoms with van der Waals surface area (Å²) < 4.78 is 31.3. The Morgan fingerprint density at radius 1 is 1.30 bits per heavy atom. The van der Waals surface area contributed by atoms with Crippen LogP contribution in [0.2, 0.25) is 0 Å². The Morgan fingerprint density at radius 2 is 2.00 bits per heavy atom. The van der Waals surface area contributed by atoms with Gasteiger partial charge in [0.15, 0.2) is 0 Å². The molecule has 2 rings (SSSR count). The summed E-state index contributed by atoms with van der Waals surface area (Å²) >= 11 is 0. The Labute approximate surface area is 140 Å². The second-order valence-electron chi connectivity index (χ2n) is 7.17. The lowest BCUT2D eigenvalue weighted by Gasteiger charge is -2.30. The number of nitrogens with zero attached hydrogens (tertiary/aromatic N) is 1. The molecule has 1 aliphatic heterocycles. The number of methoxy groups -OCH3 is 1. The SMILES string of the molecule is COCCC1(NS(C)(=O)=O)CCN(C(=O)CC2CCCCC2)C1. The zero-order chi connectivity index (χ0) is 16.9. The van der Waals surface area contributed by atoms with Crippen LogP contribution in [0.1, 0.15) is 51.4 Å². The molecule has 0 bridgehead atoms. The second-order valence-corrected chi connectivity index (χ2v) is 8.92. The van der Waals surface area contributed by atoms with E-state index in [1.165, 1.54) is 25.5 Å². The third-order valence-electron chi connectivity index (χ3n) is 5.08. The van der Waals surface area contributed by atoms with Crippen molar-refractivity contribution in [3.63, 3.8) is 0 Å². The quantitative estimate of drug-likeness (QED) is 0.758. The van der Waals surface area contributed by atoms with Crippen molar-refractivity contribution in [1.82, 2.24) is 9.62 Å². The van der Waals surface area contributed by atoms with Crippen molar-refractivity contribution >= 4 is 15.9 Å². The molecule has 23 heavy (non-hydrogen) atoms. The Balaban J connectivity index is 1.95. The van der Waals surface area contributed by atoms with Crippen LogP contribution in [0.3, 0.4) is 0 Å². The van der Waals surface area contributed by atoms with Gasteiger partial charge >= 0.3 is 0 Å². The standard InChI is InChI=1S/C16H30N2O4S/c1-22-11-9-16(17-23(2,20)21)8-10-18(13-16)15(19)12-14-6-4-3-5-7-14/h14,17H,3-13H2,1-2H3. The number of carbonyl (C=O) groups is 1. The van der Waals surface area contributed by atoms with Crippen molar-refractivity contribution in [1.29, 1.82) is 0 Å². The number of amides is 1. The van der Waals surface area contributed by atoms with E-state index in [1.54, 1.807) is 7.11 Å². The first-order valence-electron chi connectivity index (χ1n) is 8.59. The monoisotopic (exact) mass is 346 g/mol. The maximum Gasteiger partial charge on any atom is 0.222 e. The van der Waals surface area contributed by atoms with Crippen LogP contribution in [0.25, 0.3) is 0 Å². The topological polar surface area (TPSA) is 75.7 Å². The number of sulfonamides is 1. The summed E-state index contributed by atoms with van der Waals surface area (Å²) in [6.45, 7) is 1.56. The van der Waals surface area contributed by atoms with E-state index in [2.05, 4.69) is 4.72 Å². The molecule has 7 heteroatoms. The predicted molar refractivity (Wildman–Crippen MR) is 89.6 cm³/mol. The number of likely N-dealkylation sites (tertiary alicyclic amines) is 1. The molecule has 1 N–H and O–H groups in total. The molecule has 1 unspecified atom stereocenters. The van der Waals surface area contributed by atoms with Gasteiger partial charge in [0.1, 0.15) is 0 Å². The third-order valence-corrected chi connectivity index (χ3v) is 5.88. The summed E-state index contributed by atoms with van der Waals surface area (Å²) in [6.07, 6.45) is 9.06. The first-order valence-corrected chi connectivity index (χ1v) is 10.5. The van der Waals surface area contributed by atoms with Gasteiger partial charge in [0.2, 0.25) is 15.9 Å². The van der Waals surface area contributed by atoms with E-state index in [9.17, 15) is 13.2 Å². The molecule has 1 heterocycles. The lowest BCUT2D eigenvalue weighted by molar-refractivity contribution is -0.131. The fourth-order valence-corrected chi connectivity index (χ4v) is 4.94. The number of carbonyl (C=O) groups excluding carboxylic acids is 1. The van der Waals surface area contributed by atoms with E-state index in [0.29, 0.717) is 44.9 Å². The summed E-state index contributed by atoms with van der Waals surface area (Å²) in [5.74, 6) is 0.680. The normalized spacial score (nSPS) is 26.6. The highest BCUT2D eigenvalue weighted by Crippen LogP contribution is 2.30. The van der Waals surface area contributed by atoms with E-state index in [-0.39, 0.29) is 5.91 Å². The van der Waals surface area contributed by atoms with Gasteiger partial charge in [-0.25, -0.2) is 13.1 Å².